The molecule has 0 saturated heterocycles. The number of nitrogens with zero attached hydrogens (tertiary/aromatic N) is 1. The summed E-state index contributed by atoms with van der Waals surface area (Å²) < 4.78 is 0. The van der Waals surface area contributed by atoms with Crippen molar-refractivity contribution in [1.82, 2.24) is 5.32 Å². The first-order valence-electron chi connectivity index (χ1n) is 2.80. The van der Waals surface area contributed by atoms with E-state index in [1.54, 1.807) is 14.0 Å². The standard InChI is InChI=1S/C6H11N3O/c1-4(8-3)6(7)5(2)9-10/h8H,2,7H2,1,3H3/b6-4-. The van der Waals surface area contributed by atoms with Gasteiger partial charge in [-0.2, -0.15) is 0 Å². The van der Waals surface area contributed by atoms with Crippen molar-refractivity contribution in [2.24, 2.45) is 10.9 Å². The molecule has 56 valence electrons. The summed E-state index contributed by atoms with van der Waals surface area (Å²) in [5, 5.41) is 5.36. The molecular formula is C6H11N3O. The molecule has 0 fully saturated rings. The predicted molar refractivity (Wildman–Crippen MR) is 40.9 cm³/mol. The number of nitrogens with two attached hydrogens (primary N) is 1. The van der Waals surface area contributed by atoms with Crippen LogP contribution in [0.25, 0.3) is 0 Å². The molecule has 4 nitrogen and oxygen atoms in total. The lowest BCUT2D eigenvalue weighted by atomic mass is 10.3. The van der Waals surface area contributed by atoms with Crippen LogP contribution >= 0.6 is 0 Å². The van der Waals surface area contributed by atoms with Crippen LogP contribution in [0.1, 0.15) is 6.92 Å². The molecule has 4 heteroatoms. The number of allylic oxidation sites excluding steroid dienone is 1. The second kappa shape index (κ2) is 3.66. The Bertz CT molecular complexity index is 183. The molecule has 0 aromatic rings. The molecule has 0 aromatic carbocycles. The minimum atomic E-state index is 0.0619. The monoisotopic (exact) mass is 141 g/mol. The first-order chi connectivity index (χ1) is 4.63. The highest BCUT2D eigenvalue weighted by Gasteiger charge is 1.99. The van der Waals surface area contributed by atoms with Crippen molar-refractivity contribution < 1.29 is 0 Å². The number of rotatable bonds is 3. The Kier molecular flexibility index (Phi) is 3.17. The van der Waals surface area contributed by atoms with E-state index < -0.39 is 0 Å². The van der Waals surface area contributed by atoms with Crippen molar-refractivity contribution in [3.63, 3.8) is 0 Å². The zero-order chi connectivity index (χ0) is 8.15. The van der Waals surface area contributed by atoms with Gasteiger partial charge in [-0.3, -0.25) is 0 Å². The van der Waals surface area contributed by atoms with Crippen molar-refractivity contribution >= 4 is 0 Å². The highest BCUT2D eigenvalue weighted by atomic mass is 16.3. The number of nitrogens with one attached hydrogen (secondary N) is 1. The van der Waals surface area contributed by atoms with Gasteiger partial charge in [0, 0.05) is 12.7 Å². The maximum absolute atomic E-state index is 9.88. The van der Waals surface area contributed by atoms with Crippen LogP contribution in [0.3, 0.4) is 0 Å². The zero-order valence-corrected chi connectivity index (χ0v) is 6.14. The molecule has 0 rings (SSSR count). The lowest BCUT2D eigenvalue weighted by Crippen LogP contribution is -2.11. The fourth-order valence-corrected chi connectivity index (χ4v) is 0.400. The van der Waals surface area contributed by atoms with Gasteiger partial charge in [0.2, 0.25) is 0 Å². The largest absolute Gasteiger partial charge is 0.395 e. The summed E-state index contributed by atoms with van der Waals surface area (Å²) >= 11 is 0. The van der Waals surface area contributed by atoms with Crippen LogP contribution in [0.15, 0.2) is 28.8 Å². The van der Waals surface area contributed by atoms with Crippen LogP contribution in [0, 0.1) is 4.91 Å². The SMILES string of the molecule is C=C(N=O)/C(N)=C(\C)NC. The maximum atomic E-state index is 9.88. The van der Waals surface area contributed by atoms with Gasteiger partial charge in [0.25, 0.3) is 0 Å². The van der Waals surface area contributed by atoms with E-state index in [2.05, 4.69) is 17.1 Å². The van der Waals surface area contributed by atoms with Crippen molar-refractivity contribution in [1.29, 1.82) is 0 Å². The summed E-state index contributed by atoms with van der Waals surface area (Å²) in [6, 6.07) is 0. The molecule has 3 N–H and O–H groups in total. The topological polar surface area (TPSA) is 67.5 Å². The molecule has 0 saturated carbocycles. The van der Waals surface area contributed by atoms with Gasteiger partial charge in [0.15, 0.2) is 0 Å². The first-order valence-corrected chi connectivity index (χ1v) is 2.80. The van der Waals surface area contributed by atoms with Crippen molar-refractivity contribution in [2.75, 3.05) is 7.05 Å². The molecular weight excluding hydrogens is 130 g/mol. The fraction of sp³-hybridized carbons (Fsp3) is 0.333. The Labute approximate surface area is 59.8 Å². The van der Waals surface area contributed by atoms with E-state index in [4.69, 9.17) is 5.73 Å². The van der Waals surface area contributed by atoms with Crippen LogP contribution in [0.4, 0.5) is 0 Å². The van der Waals surface area contributed by atoms with E-state index in [1.807, 2.05) is 0 Å². The molecule has 0 aliphatic heterocycles. The third-order valence-electron chi connectivity index (χ3n) is 1.20. The molecule has 0 aliphatic rings. The third-order valence-corrected chi connectivity index (χ3v) is 1.20. The van der Waals surface area contributed by atoms with E-state index in [0.717, 1.165) is 0 Å². The average Bonchev–Trinajstić information content (AvgIpc) is 2.00. The van der Waals surface area contributed by atoms with E-state index >= 15 is 0 Å². The van der Waals surface area contributed by atoms with Crippen molar-refractivity contribution in [3.05, 3.63) is 28.6 Å². The molecule has 0 atom stereocenters. The number of nitroso groups, excluding NO2 is 1. The summed E-state index contributed by atoms with van der Waals surface area (Å²) in [4.78, 5) is 9.88. The Morgan fingerprint density at radius 2 is 2.20 bits per heavy atom. The molecule has 0 spiro atoms. The van der Waals surface area contributed by atoms with Gasteiger partial charge in [0.1, 0.15) is 5.70 Å². The molecule has 0 heterocycles. The third kappa shape index (κ3) is 1.89. The van der Waals surface area contributed by atoms with Gasteiger partial charge < -0.3 is 11.1 Å². The van der Waals surface area contributed by atoms with Crippen LogP contribution < -0.4 is 11.1 Å². The highest BCUT2D eigenvalue weighted by molar-refractivity contribution is 5.27. The van der Waals surface area contributed by atoms with Gasteiger partial charge >= 0.3 is 0 Å². The minimum absolute atomic E-state index is 0.0619. The maximum Gasteiger partial charge on any atom is 0.125 e. The van der Waals surface area contributed by atoms with Gasteiger partial charge in [-0.15, -0.1) is 4.91 Å². The van der Waals surface area contributed by atoms with Gasteiger partial charge in [-0.05, 0) is 12.1 Å². The second-order valence-electron chi connectivity index (χ2n) is 1.83. The van der Waals surface area contributed by atoms with Crippen LogP contribution in [-0.4, -0.2) is 7.05 Å². The van der Waals surface area contributed by atoms with Gasteiger partial charge in [-0.25, -0.2) is 0 Å². The molecule has 0 aromatic heterocycles. The zero-order valence-electron chi connectivity index (χ0n) is 6.14. The van der Waals surface area contributed by atoms with E-state index in [-0.39, 0.29) is 5.70 Å². The number of hydrogen-bond donors (Lipinski definition) is 2. The quantitative estimate of drug-likeness (QED) is 0.448. The van der Waals surface area contributed by atoms with Crippen molar-refractivity contribution in [3.8, 4) is 0 Å². The average molecular weight is 141 g/mol. The Morgan fingerprint density at radius 1 is 1.70 bits per heavy atom. The van der Waals surface area contributed by atoms with Crippen LogP contribution in [0.2, 0.25) is 0 Å². The van der Waals surface area contributed by atoms with E-state index in [9.17, 15) is 4.91 Å². The summed E-state index contributed by atoms with van der Waals surface area (Å²) in [7, 11) is 1.71. The first kappa shape index (κ1) is 8.68. The Morgan fingerprint density at radius 3 is 2.50 bits per heavy atom. The van der Waals surface area contributed by atoms with E-state index in [1.165, 1.54) is 0 Å². The van der Waals surface area contributed by atoms with E-state index in [0.29, 0.717) is 11.4 Å². The predicted octanol–water partition coefficient (Wildman–Crippen LogP) is 0.676. The second-order valence-corrected chi connectivity index (χ2v) is 1.83. The normalized spacial score (nSPS) is 11.8. The van der Waals surface area contributed by atoms with Crippen LogP contribution in [0.5, 0.6) is 0 Å². The Balaban J connectivity index is 4.45. The lowest BCUT2D eigenvalue weighted by Gasteiger charge is -2.02. The Hall–Kier alpha value is -1.32. The molecule has 0 aliphatic carbocycles. The summed E-state index contributed by atoms with van der Waals surface area (Å²) in [5.74, 6) is 0. The highest BCUT2D eigenvalue weighted by Crippen LogP contribution is 2.04. The molecule has 0 bridgehead atoms. The van der Waals surface area contributed by atoms with Crippen molar-refractivity contribution in [2.45, 2.75) is 6.92 Å². The van der Waals surface area contributed by atoms with Gasteiger partial charge in [-0.1, -0.05) is 6.58 Å². The number of hydrogen-bond acceptors (Lipinski definition) is 4. The minimum Gasteiger partial charge on any atom is -0.395 e. The molecule has 10 heavy (non-hydrogen) atoms. The summed E-state index contributed by atoms with van der Waals surface area (Å²) in [6.07, 6.45) is 0. The summed E-state index contributed by atoms with van der Waals surface area (Å²) in [6.45, 7) is 5.08. The molecule has 0 unspecified atom stereocenters. The van der Waals surface area contributed by atoms with Gasteiger partial charge in [0.05, 0.1) is 5.70 Å². The molecule has 0 amide bonds. The lowest BCUT2D eigenvalue weighted by molar-refractivity contribution is 0.950. The summed E-state index contributed by atoms with van der Waals surface area (Å²) in [5.41, 5.74) is 6.47. The van der Waals surface area contributed by atoms with Crippen LogP contribution in [-0.2, 0) is 0 Å². The smallest absolute Gasteiger partial charge is 0.125 e. The fourth-order valence-electron chi connectivity index (χ4n) is 0.400. The molecule has 0 radical (unpaired) electrons.